The van der Waals surface area contributed by atoms with Gasteiger partial charge in [0.05, 0.1) is 12.6 Å². The van der Waals surface area contributed by atoms with Gasteiger partial charge in [0.1, 0.15) is 11.9 Å². The number of nitrogens with zero attached hydrogens (tertiary/aromatic N) is 3. The average Bonchev–Trinajstić information content (AvgIpc) is 2.48. The fourth-order valence-corrected chi connectivity index (χ4v) is 2.41. The molecule has 1 aliphatic heterocycles. The first-order chi connectivity index (χ1) is 11.2. The Balaban J connectivity index is 1.87. The number of carbonyl (C=O) groups is 1. The lowest BCUT2D eigenvalue weighted by atomic mass is 9.94. The molecule has 0 radical (unpaired) electrons. The van der Waals surface area contributed by atoms with Crippen molar-refractivity contribution < 1.29 is 23.4 Å². The largest absolute Gasteiger partial charge is 0.444 e. The molecule has 1 aromatic rings. The number of piperidine rings is 1. The van der Waals surface area contributed by atoms with Crippen molar-refractivity contribution in [1.29, 1.82) is 0 Å². The van der Waals surface area contributed by atoms with Crippen molar-refractivity contribution in [3.63, 3.8) is 0 Å². The zero-order chi connectivity index (χ0) is 17.9. The van der Waals surface area contributed by atoms with Crippen LogP contribution in [0.25, 0.3) is 0 Å². The van der Waals surface area contributed by atoms with Gasteiger partial charge in [-0.25, -0.2) is 14.8 Å². The predicted molar refractivity (Wildman–Crippen MR) is 82.4 cm³/mol. The Hall–Kier alpha value is -2.03. The Kier molecular flexibility index (Phi) is 5.53. The summed E-state index contributed by atoms with van der Waals surface area (Å²) in [6.45, 7) is 6.06. The number of anilines is 1. The minimum absolute atomic E-state index is 0.127. The van der Waals surface area contributed by atoms with Crippen molar-refractivity contribution in [1.82, 2.24) is 14.9 Å². The van der Waals surface area contributed by atoms with Gasteiger partial charge in [0.25, 0.3) is 5.95 Å². The number of ether oxygens (including phenoxy) is 1. The van der Waals surface area contributed by atoms with Crippen LogP contribution in [0, 0.1) is 17.7 Å². The van der Waals surface area contributed by atoms with Crippen LogP contribution in [0.2, 0.25) is 0 Å². The molecule has 7 nitrogen and oxygen atoms in total. The minimum atomic E-state index is -1.23. The monoisotopic (exact) mass is 344 g/mol. The number of carbonyl (C=O) groups excluding carboxylic acids is 1. The van der Waals surface area contributed by atoms with E-state index in [1.807, 2.05) is 0 Å². The van der Waals surface area contributed by atoms with Gasteiger partial charge in [-0.1, -0.05) is 0 Å². The summed E-state index contributed by atoms with van der Waals surface area (Å²) in [5, 5.41) is 12.9. The Morgan fingerprint density at radius 1 is 1.46 bits per heavy atom. The van der Waals surface area contributed by atoms with Gasteiger partial charge in [-0.2, -0.15) is 8.78 Å². The fourth-order valence-electron chi connectivity index (χ4n) is 2.41. The summed E-state index contributed by atoms with van der Waals surface area (Å²) in [5.74, 6) is -2.85. The highest BCUT2D eigenvalue weighted by Crippen LogP contribution is 2.21. The molecule has 1 aromatic heterocycles. The molecule has 1 aliphatic rings. The van der Waals surface area contributed by atoms with Gasteiger partial charge in [-0.05, 0) is 27.2 Å². The maximum atomic E-state index is 13.5. The van der Waals surface area contributed by atoms with Crippen molar-refractivity contribution in [2.75, 3.05) is 25.0 Å². The SMILES string of the molecule is CC(C)(C)OC(=O)N1CC[C@H](CNc2ncnc(F)c2F)[C@@H](O)C1. The number of aromatic nitrogens is 2. The summed E-state index contributed by atoms with van der Waals surface area (Å²) < 4.78 is 31.8. The minimum Gasteiger partial charge on any atom is -0.444 e. The van der Waals surface area contributed by atoms with E-state index in [2.05, 4.69) is 15.3 Å². The molecule has 0 saturated carbocycles. The van der Waals surface area contributed by atoms with E-state index in [9.17, 15) is 18.7 Å². The molecule has 134 valence electrons. The second-order valence-corrected chi connectivity index (χ2v) is 6.75. The third-order valence-corrected chi connectivity index (χ3v) is 3.65. The van der Waals surface area contributed by atoms with Crippen LogP contribution in [-0.2, 0) is 4.74 Å². The predicted octanol–water partition coefficient (Wildman–Crippen LogP) is 1.78. The number of rotatable bonds is 3. The molecule has 1 saturated heterocycles. The number of nitrogens with one attached hydrogen (secondary N) is 1. The first kappa shape index (κ1) is 18.3. The summed E-state index contributed by atoms with van der Waals surface area (Å²) in [5.41, 5.74) is -0.602. The first-order valence-corrected chi connectivity index (χ1v) is 7.73. The molecule has 24 heavy (non-hydrogen) atoms. The van der Waals surface area contributed by atoms with Crippen LogP contribution in [0.5, 0.6) is 0 Å². The molecule has 2 heterocycles. The van der Waals surface area contributed by atoms with Gasteiger partial charge >= 0.3 is 6.09 Å². The molecule has 0 spiro atoms. The van der Waals surface area contributed by atoms with Crippen molar-refractivity contribution >= 4 is 11.9 Å². The highest BCUT2D eigenvalue weighted by atomic mass is 19.2. The third kappa shape index (κ3) is 4.73. The number of likely N-dealkylation sites (tertiary alicyclic amines) is 1. The summed E-state index contributed by atoms with van der Waals surface area (Å²) in [6.07, 6.45) is 0.149. The molecule has 2 N–H and O–H groups in total. The van der Waals surface area contributed by atoms with Crippen LogP contribution in [0.15, 0.2) is 6.33 Å². The van der Waals surface area contributed by atoms with E-state index in [1.54, 1.807) is 20.8 Å². The molecule has 9 heteroatoms. The molecule has 0 aromatic carbocycles. The molecule has 1 amide bonds. The lowest BCUT2D eigenvalue weighted by Gasteiger charge is -2.36. The molecule has 2 atom stereocenters. The van der Waals surface area contributed by atoms with Crippen LogP contribution >= 0.6 is 0 Å². The van der Waals surface area contributed by atoms with Crippen molar-refractivity contribution in [3.8, 4) is 0 Å². The summed E-state index contributed by atoms with van der Waals surface area (Å²) in [6, 6.07) is 0. The van der Waals surface area contributed by atoms with Crippen molar-refractivity contribution in [3.05, 3.63) is 18.1 Å². The van der Waals surface area contributed by atoms with Gasteiger partial charge in [0, 0.05) is 19.0 Å². The van der Waals surface area contributed by atoms with E-state index in [0.717, 1.165) is 6.33 Å². The maximum Gasteiger partial charge on any atom is 0.410 e. The van der Waals surface area contributed by atoms with Crippen molar-refractivity contribution in [2.24, 2.45) is 5.92 Å². The molecule has 2 rings (SSSR count). The number of amides is 1. The van der Waals surface area contributed by atoms with Crippen LogP contribution in [0.4, 0.5) is 19.4 Å². The lowest BCUT2D eigenvalue weighted by Crippen LogP contribution is -2.49. The van der Waals surface area contributed by atoms with E-state index in [0.29, 0.717) is 13.0 Å². The highest BCUT2D eigenvalue weighted by Gasteiger charge is 2.32. The summed E-state index contributed by atoms with van der Waals surface area (Å²) in [7, 11) is 0. The molecular weight excluding hydrogens is 322 g/mol. The number of hydrogen-bond acceptors (Lipinski definition) is 6. The van der Waals surface area contributed by atoms with Crippen LogP contribution in [0.3, 0.4) is 0 Å². The molecule has 1 fully saturated rings. The molecular formula is C15H22F2N4O3. The topological polar surface area (TPSA) is 87.6 Å². The summed E-state index contributed by atoms with van der Waals surface area (Å²) in [4.78, 5) is 20.2. The van der Waals surface area contributed by atoms with E-state index in [-0.39, 0.29) is 24.8 Å². The van der Waals surface area contributed by atoms with Gasteiger partial charge in [-0.15, -0.1) is 0 Å². The molecule has 0 unspecified atom stereocenters. The molecule has 0 bridgehead atoms. The Labute approximate surface area is 139 Å². The number of β-amino-alcohol motifs (C(OH)–C–C–N with tert-alkyl or cyclic N) is 1. The van der Waals surface area contributed by atoms with Crippen LogP contribution < -0.4 is 5.32 Å². The Bertz CT molecular complexity index is 595. The highest BCUT2D eigenvalue weighted by molar-refractivity contribution is 5.68. The van der Waals surface area contributed by atoms with Gasteiger partial charge in [0.15, 0.2) is 5.82 Å². The van der Waals surface area contributed by atoms with E-state index >= 15 is 0 Å². The zero-order valence-electron chi connectivity index (χ0n) is 13.9. The number of halogens is 2. The quantitative estimate of drug-likeness (QED) is 0.813. The van der Waals surface area contributed by atoms with E-state index in [4.69, 9.17) is 4.74 Å². The van der Waals surface area contributed by atoms with Gasteiger partial charge in [-0.3, -0.25) is 0 Å². The van der Waals surface area contributed by atoms with Crippen LogP contribution in [0.1, 0.15) is 27.2 Å². The standard InChI is InChI=1S/C15H22F2N4O3/c1-15(2,3)24-14(23)21-5-4-9(10(22)7-21)6-18-13-11(16)12(17)19-8-20-13/h8-10,22H,4-7H2,1-3H3,(H,18,19,20)/t9-,10+/m1/s1. The third-order valence-electron chi connectivity index (χ3n) is 3.65. The number of hydrogen-bond donors (Lipinski definition) is 2. The van der Waals surface area contributed by atoms with Gasteiger partial charge in [0.2, 0.25) is 5.82 Å². The maximum absolute atomic E-state index is 13.5. The second kappa shape index (κ2) is 7.25. The van der Waals surface area contributed by atoms with E-state index in [1.165, 1.54) is 4.90 Å². The van der Waals surface area contributed by atoms with Crippen LogP contribution in [-0.4, -0.2) is 57.4 Å². The first-order valence-electron chi connectivity index (χ1n) is 7.73. The number of aliphatic hydroxyl groups is 1. The number of aliphatic hydroxyl groups excluding tert-OH is 1. The summed E-state index contributed by atoms with van der Waals surface area (Å²) >= 11 is 0. The van der Waals surface area contributed by atoms with E-state index < -0.39 is 29.6 Å². The van der Waals surface area contributed by atoms with Gasteiger partial charge < -0.3 is 20.1 Å². The normalized spacial score (nSPS) is 21.5. The fraction of sp³-hybridized carbons (Fsp3) is 0.667. The zero-order valence-corrected chi connectivity index (χ0v) is 13.9. The smallest absolute Gasteiger partial charge is 0.410 e. The second-order valence-electron chi connectivity index (χ2n) is 6.75. The lowest BCUT2D eigenvalue weighted by molar-refractivity contribution is -0.0104. The molecule has 0 aliphatic carbocycles. The Morgan fingerprint density at radius 2 is 2.17 bits per heavy atom. The average molecular weight is 344 g/mol. The Morgan fingerprint density at radius 3 is 2.79 bits per heavy atom. The van der Waals surface area contributed by atoms with Crippen molar-refractivity contribution in [2.45, 2.75) is 38.9 Å².